The van der Waals surface area contributed by atoms with E-state index in [9.17, 15) is 14.7 Å². The quantitative estimate of drug-likeness (QED) is 0.741. The summed E-state index contributed by atoms with van der Waals surface area (Å²) in [7, 11) is 0. The van der Waals surface area contributed by atoms with Crippen LogP contribution in [0.4, 0.5) is 0 Å². The lowest BCUT2D eigenvalue weighted by molar-refractivity contribution is -0.122. The second kappa shape index (κ2) is 5.59. The highest BCUT2D eigenvalue weighted by molar-refractivity contribution is 6.31. The van der Waals surface area contributed by atoms with E-state index in [1.807, 2.05) is 0 Å². The molecule has 0 amide bonds. The molecule has 23 heavy (non-hydrogen) atoms. The van der Waals surface area contributed by atoms with Crippen molar-refractivity contribution in [3.63, 3.8) is 0 Å². The fourth-order valence-corrected chi connectivity index (χ4v) is 2.43. The molecule has 2 aromatic carbocycles. The van der Waals surface area contributed by atoms with Crippen LogP contribution < -0.4 is 10.2 Å². The zero-order valence-corrected chi connectivity index (χ0v) is 13.2. The third-order valence-corrected chi connectivity index (χ3v) is 3.81. The highest BCUT2D eigenvalue weighted by Gasteiger charge is 2.16. The normalized spacial score (nSPS) is 12.5. The number of rotatable bonds is 3. The summed E-state index contributed by atoms with van der Waals surface area (Å²) in [6, 6.07) is 7.45. The molecule has 1 heterocycles. The predicted molar refractivity (Wildman–Crippen MR) is 87.4 cm³/mol. The van der Waals surface area contributed by atoms with Crippen LogP contribution >= 0.6 is 11.6 Å². The fourth-order valence-electron chi connectivity index (χ4n) is 2.26. The van der Waals surface area contributed by atoms with Crippen molar-refractivity contribution in [2.24, 2.45) is 0 Å². The van der Waals surface area contributed by atoms with Gasteiger partial charge in [-0.1, -0.05) is 11.6 Å². The Bertz CT molecular complexity index is 990. The van der Waals surface area contributed by atoms with Gasteiger partial charge in [0.1, 0.15) is 28.1 Å². The van der Waals surface area contributed by atoms with Crippen molar-refractivity contribution in [3.8, 4) is 11.5 Å². The van der Waals surface area contributed by atoms with E-state index >= 15 is 0 Å². The molecule has 5 nitrogen and oxygen atoms in total. The van der Waals surface area contributed by atoms with Gasteiger partial charge in [-0.05, 0) is 32.0 Å². The van der Waals surface area contributed by atoms with Crippen LogP contribution in [0.2, 0.25) is 5.02 Å². The van der Waals surface area contributed by atoms with Crippen LogP contribution in [0.15, 0.2) is 39.5 Å². The lowest BCUT2D eigenvalue weighted by Gasteiger charge is -2.12. The third-order valence-electron chi connectivity index (χ3n) is 3.57. The second-order valence-electron chi connectivity index (χ2n) is 5.26. The number of ether oxygens (including phenoxy) is 1. The number of ketones is 1. The monoisotopic (exact) mass is 332 g/mol. The minimum absolute atomic E-state index is 0.0441. The number of Topliss-reactive ketones (excluding diaryl/α,β-unsaturated/α-hetero) is 1. The van der Waals surface area contributed by atoms with E-state index in [2.05, 4.69) is 0 Å². The van der Waals surface area contributed by atoms with Crippen LogP contribution in [-0.4, -0.2) is 17.0 Å². The molecule has 0 fully saturated rings. The van der Waals surface area contributed by atoms with Crippen LogP contribution in [0.5, 0.6) is 11.5 Å². The minimum atomic E-state index is -0.669. The number of aromatic hydroxyl groups is 1. The molecular formula is C17H13ClO5. The molecule has 0 aliphatic carbocycles. The number of halogens is 1. The van der Waals surface area contributed by atoms with Gasteiger partial charge in [-0.3, -0.25) is 9.59 Å². The van der Waals surface area contributed by atoms with Gasteiger partial charge in [0.15, 0.2) is 11.9 Å². The van der Waals surface area contributed by atoms with Gasteiger partial charge in [0.05, 0.1) is 5.39 Å². The number of phenols is 1. The predicted octanol–water partition coefficient (Wildman–Crippen LogP) is 3.66. The van der Waals surface area contributed by atoms with E-state index in [1.165, 1.54) is 25.1 Å². The molecule has 118 valence electrons. The first kappa shape index (κ1) is 15.4. The molecule has 0 saturated heterocycles. The summed E-state index contributed by atoms with van der Waals surface area (Å²) in [6.07, 6.45) is -0.669. The first-order valence-electron chi connectivity index (χ1n) is 6.93. The van der Waals surface area contributed by atoms with Gasteiger partial charge in [0.25, 0.3) is 0 Å². The van der Waals surface area contributed by atoms with Gasteiger partial charge < -0.3 is 14.3 Å². The average Bonchev–Trinajstić information content (AvgIpc) is 2.47. The molecule has 6 heteroatoms. The van der Waals surface area contributed by atoms with Crippen LogP contribution in [0, 0.1) is 0 Å². The Morgan fingerprint density at radius 3 is 2.70 bits per heavy atom. The standard InChI is InChI=1S/C17H13ClO5/c1-8(19)9(2)22-11-6-13(20)16-15(7-11)23-14-4-3-10(18)5-12(14)17(16)21/h3-7,9,20H,1-2H3. The Kier molecular flexibility index (Phi) is 3.74. The Morgan fingerprint density at radius 1 is 1.26 bits per heavy atom. The zero-order valence-electron chi connectivity index (χ0n) is 12.4. The number of carbonyl (C=O) groups excluding carboxylic acids is 1. The summed E-state index contributed by atoms with van der Waals surface area (Å²) in [5.74, 6) is -0.183. The molecule has 0 aliphatic rings. The highest BCUT2D eigenvalue weighted by Crippen LogP contribution is 2.31. The van der Waals surface area contributed by atoms with Crippen LogP contribution in [0.25, 0.3) is 21.9 Å². The van der Waals surface area contributed by atoms with Crippen LogP contribution in [0.1, 0.15) is 13.8 Å². The molecule has 3 aromatic rings. The van der Waals surface area contributed by atoms with Crippen LogP contribution in [0.3, 0.4) is 0 Å². The molecule has 0 saturated carbocycles. The van der Waals surface area contributed by atoms with Gasteiger partial charge in [0, 0.05) is 17.2 Å². The summed E-state index contributed by atoms with van der Waals surface area (Å²) in [5.41, 5.74) is 0.144. The van der Waals surface area contributed by atoms with E-state index in [4.69, 9.17) is 20.8 Å². The number of fused-ring (bicyclic) bond motifs is 2. The molecule has 0 spiro atoms. The van der Waals surface area contributed by atoms with E-state index in [0.29, 0.717) is 10.6 Å². The van der Waals surface area contributed by atoms with Gasteiger partial charge in [0.2, 0.25) is 5.43 Å². The molecule has 0 radical (unpaired) electrons. The van der Waals surface area contributed by atoms with Gasteiger partial charge >= 0.3 is 0 Å². The first-order chi connectivity index (χ1) is 10.9. The number of carbonyl (C=O) groups is 1. The summed E-state index contributed by atoms with van der Waals surface area (Å²) >= 11 is 5.90. The summed E-state index contributed by atoms with van der Waals surface area (Å²) in [6.45, 7) is 3.01. The van der Waals surface area contributed by atoms with Crippen molar-refractivity contribution in [3.05, 3.63) is 45.6 Å². The van der Waals surface area contributed by atoms with Crippen molar-refractivity contribution in [1.82, 2.24) is 0 Å². The van der Waals surface area contributed by atoms with E-state index < -0.39 is 6.10 Å². The average molecular weight is 333 g/mol. The van der Waals surface area contributed by atoms with Crippen molar-refractivity contribution in [2.45, 2.75) is 20.0 Å². The number of phenolic OH excluding ortho intramolecular Hbond substituents is 1. The fraction of sp³-hybridized carbons (Fsp3) is 0.176. The number of benzene rings is 2. The summed E-state index contributed by atoms with van der Waals surface area (Å²) < 4.78 is 11.1. The smallest absolute Gasteiger partial charge is 0.204 e. The maximum absolute atomic E-state index is 12.5. The largest absolute Gasteiger partial charge is 0.507 e. The molecule has 3 rings (SSSR count). The first-order valence-corrected chi connectivity index (χ1v) is 7.31. The van der Waals surface area contributed by atoms with Gasteiger partial charge in [-0.25, -0.2) is 0 Å². The summed E-state index contributed by atoms with van der Waals surface area (Å²) in [4.78, 5) is 23.8. The Balaban J connectivity index is 2.25. The van der Waals surface area contributed by atoms with E-state index in [-0.39, 0.29) is 39.1 Å². The zero-order chi connectivity index (χ0) is 16.7. The molecule has 0 aliphatic heterocycles. The van der Waals surface area contributed by atoms with E-state index in [1.54, 1.807) is 19.1 Å². The van der Waals surface area contributed by atoms with Crippen molar-refractivity contribution >= 4 is 39.3 Å². The van der Waals surface area contributed by atoms with Crippen LogP contribution in [-0.2, 0) is 4.79 Å². The van der Waals surface area contributed by atoms with E-state index in [0.717, 1.165) is 0 Å². The molecule has 1 N–H and O–H groups in total. The van der Waals surface area contributed by atoms with Crippen molar-refractivity contribution in [2.75, 3.05) is 0 Å². The number of hydrogen-bond donors (Lipinski definition) is 1. The molecule has 1 atom stereocenters. The van der Waals surface area contributed by atoms with Gasteiger partial charge in [-0.15, -0.1) is 0 Å². The number of hydrogen-bond acceptors (Lipinski definition) is 5. The van der Waals surface area contributed by atoms with Gasteiger partial charge in [-0.2, -0.15) is 0 Å². The lowest BCUT2D eigenvalue weighted by Crippen LogP contribution is -2.20. The SMILES string of the molecule is CC(=O)C(C)Oc1cc(O)c2c(=O)c3cc(Cl)ccc3oc2c1. The molecular weight excluding hydrogens is 320 g/mol. The highest BCUT2D eigenvalue weighted by atomic mass is 35.5. The van der Waals surface area contributed by atoms with Crippen molar-refractivity contribution < 1.29 is 19.1 Å². The maximum atomic E-state index is 12.5. The Hall–Kier alpha value is -2.53. The maximum Gasteiger partial charge on any atom is 0.204 e. The third kappa shape index (κ3) is 2.75. The molecule has 1 aromatic heterocycles. The Labute approximate surface area is 136 Å². The second-order valence-corrected chi connectivity index (χ2v) is 5.69. The molecule has 0 bridgehead atoms. The molecule has 1 unspecified atom stereocenters. The minimum Gasteiger partial charge on any atom is -0.507 e. The topological polar surface area (TPSA) is 76.7 Å². The van der Waals surface area contributed by atoms with Crippen molar-refractivity contribution in [1.29, 1.82) is 0 Å². The summed E-state index contributed by atoms with van der Waals surface area (Å²) in [5, 5.41) is 10.9. The lowest BCUT2D eigenvalue weighted by atomic mass is 10.1. The Morgan fingerprint density at radius 2 is 2.00 bits per heavy atom.